The molecule has 154 valence electrons. The fraction of sp³-hybridized carbons (Fsp3) is 0.0769. The Morgan fingerprint density at radius 2 is 1.42 bits per heavy atom. The molecule has 4 nitrogen and oxygen atoms in total. The SMILES string of the molecule is O=P1(Oc2ccccc2Cc2ccccc2)NC(c2ccccc2)c2ccccc2O1. The Hall–Kier alpha value is -3.33. The van der Waals surface area contributed by atoms with Crippen molar-refractivity contribution in [1.29, 1.82) is 0 Å². The van der Waals surface area contributed by atoms with Gasteiger partial charge >= 0.3 is 7.75 Å². The first-order valence-electron chi connectivity index (χ1n) is 10.2. The molecule has 0 saturated carbocycles. The van der Waals surface area contributed by atoms with E-state index >= 15 is 0 Å². The van der Waals surface area contributed by atoms with Crippen LogP contribution in [-0.4, -0.2) is 0 Å². The fourth-order valence-corrected chi connectivity index (χ4v) is 5.42. The summed E-state index contributed by atoms with van der Waals surface area (Å²) in [7, 11) is -3.67. The molecular weight excluding hydrogens is 405 g/mol. The van der Waals surface area contributed by atoms with Gasteiger partial charge in [-0.1, -0.05) is 97.1 Å². The van der Waals surface area contributed by atoms with Crippen molar-refractivity contribution >= 4 is 7.75 Å². The van der Waals surface area contributed by atoms with Crippen molar-refractivity contribution in [3.8, 4) is 11.5 Å². The zero-order valence-electron chi connectivity index (χ0n) is 16.8. The molecule has 0 spiro atoms. The van der Waals surface area contributed by atoms with E-state index in [0.29, 0.717) is 17.9 Å². The van der Waals surface area contributed by atoms with Gasteiger partial charge in [-0.25, -0.2) is 4.57 Å². The van der Waals surface area contributed by atoms with E-state index in [4.69, 9.17) is 9.05 Å². The molecule has 0 fully saturated rings. The van der Waals surface area contributed by atoms with Crippen LogP contribution in [0.25, 0.3) is 0 Å². The number of para-hydroxylation sites is 2. The fourth-order valence-electron chi connectivity index (χ4n) is 3.81. The van der Waals surface area contributed by atoms with Gasteiger partial charge in [0.05, 0.1) is 6.04 Å². The van der Waals surface area contributed by atoms with E-state index in [1.807, 2.05) is 97.1 Å². The van der Waals surface area contributed by atoms with Crippen molar-refractivity contribution in [2.75, 3.05) is 0 Å². The van der Waals surface area contributed by atoms with E-state index < -0.39 is 7.75 Å². The van der Waals surface area contributed by atoms with Crippen LogP contribution in [0, 0.1) is 0 Å². The number of hydrogen-bond acceptors (Lipinski definition) is 3. The Labute approximate surface area is 182 Å². The van der Waals surface area contributed by atoms with Gasteiger partial charge in [-0.15, -0.1) is 0 Å². The minimum Gasteiger partial charge on any atom is -0.404 e. The molecule has 4 aromatic rings. The first-order valence-corrected chi connectivity index (χ1v) is 11.8. The van der Waals surface area contributed by atoms with E-state index in [0.717, 1.165) is 22.3 Å². The van der Waals surface area contributed by atoms with Gasteiger partial charge in [0.25, 0.3) is 0 Å². The molecule has 1 heterocycles. The monoisotopic (exact) mass is 427 g/mol. The summed E-state index contributed by atoms with van der Waals surface area (Å²) in [5, 5.41) is 3.15. The zero-order chi connectivity index (χ0) is 21.1. The average molecular weight is 427 g/mol. The normalized spacial score (nSPS) is 19.8. The smallest absolute Gasteiger partial charge is 0.404 e. The molecule has 0 aliphatic carbocycles. The number of rotatable bonds is 5. The van der Waals surface area contributed by atoms with E-state index in [-0.39, 0.29) is 6.04 Å². The molecule has 2 unspecified atom stereocenters. The van der Waals surface area contributed by atoms with E-state index in [2.05, 4.69) is 17.2 Å². The Morgan fingerprint density at radius 3 is 2.23 bits per heavy atom. The van der Waals surface area contributed by atoms with Crippen LogP contribution in [0.5, 0.6) is 11.5 Å². The van der Waals surface area contributed by atoms with Crippen molar-refractivity contribution in [3.63, 3.8) is 0 Å². The molecule has 31 heavy (non-hydrogen) atoms. The minimum absolute atomic E-state index is 0.293. The summed E-state index contributed by atoms with van der Waals surface area (Å²) in [6, 6.07) is 35.1. The molecule has 1 aliphatic heterocycles. The molecule has 0 aromatic heterocycles. The predicted molar refractivity (Wildman–Crippen MR) is 122 cm³/mol. The largest absolute Gasteiger partial charge is 0.513 e. The molecule has 5 rings (SSSR count). The molecule has 4 aromatic carbocycles. The van der Waals surface area contributed by atoms with Crippen LogP contribution in [0.1, 0.15) is 28.3 Å². The third-order valence-corrected chi connectivity index (χ3v) is 6.75. The van der Waals surface area contributed by atoms with Crippen molar-refractivity contribution in [1.82, 2.24) is 5.09 Å². The molecule has 0 saturated heterocycles. The quantitative estimate of drug-likeness (QED) is 0.368. The predicted octanol–water partition coefficient (Wildman–Crippen LogP) is 6.54. The van der Waals surface area contributed by atoms with Gasteiger partial charge < -0.3 is 9.05 Å². The van der Waals surface area contributed by atoms with Crippen LogP contribution < -0.4 is 14.1 Å². The lowest BCUT2D eigenvalue weighted by atomic mass is 9.99. The van der Waals surface area contributed by atoms with Crippen LogP contribution >= 0.6 is 7.75 Å². The van der Waals surface area contributed by atoms with Crippen molar-refractivity contribution in [2.24, 2.45) is 0 Å². The highest BCUT2D eigenvalue weighted by Crippen LogP contribution is 2.54. The standard InChI is InChI=1S/C26H22NO3P/c28-31(29-24-17-9-7-15-22(24)19-20-11-3-1-4-12-20)27-26(21-13-5-2-6-14-21)23-16-8-10-18-25(23)30-31/h1-18,26H,19H2,(H,27,28). The van der Waals surface area contributed by atoms with E-state index in [1.165, 1.54) is 0 Å². The molecule has 5 heteroatoms. The minimum atomic E-state index is -3.67. The molecule has 2 atom stereocenters. The Kier molecular flexibility index (Phi) is 5.33. The topological polar surface area (TPSA) is 47.6 Å². The summed E-state index contributed by atoms with van der Waals surface area (Å²) in [5.41, 5.74) is 4.03. The van der Waals surface area contributed by atoms with Gasteiger partial charge in [0.15, 0.2) is 0 Å². The third kappa shape index (κ3) is 4.27. The van der Waals surface area contributed by atoms with Crippen molar-refractivity contribution < 1.29 is 13.6 Å². The van der Waals surface area contributed by atoms with Crippen molar-refractivity contribution in [2.45, 2.75) is 12.5 Å². The first-order chi connectivity index (χ1) is 15.2. The van der Waals surface area contributed by atoms with Gasteiger partial charge in [-0.05, 0) is 28.8 Å². The summed E-state index contributed by atoms with van der Waals surface area (Å²) in [4.78, 5) is 0. The van der Waals surface area contributed by atoms with Crippen LogP contribution in [0.2, 0.25) is 0 Å². The van der Waals surface area contributed by atoms with E-state index in [9.17, 15) is 4.57 Å². The number of nitrogens with one attached hydrogen (secondary N) is 1. The van der Waals surface area contributed by atoms with Gasteiger partial charge in [0.2, 0.25) is 0 Å². The second-order valence-corrected chi connectivity index (χ2v) is 9.08. The number of fused-ring (bicyclic) bond motifs is 1. The Balaban J connectivity index is 1.48. The van der Waals surface area contributed by atoms with Gasteiger partial charge in [0, 0.05) is 12.0 Å². The lowest BCUT2D eigenvalue weighted by Crippen LogP contribution is -2.29. The molecular formula is C26H22NO3P. The maximum absolute atomic E-state index is 13.8. The average Bonchev–Trinajstić information content (AvgIpc) is 2.81. The van der Waals surface area contributed by atoms with Crippen LogP contribution in [0.4, 0.5) is 0 Å². The van der Waals surface area contributed by atoms with Gasteiger partial charge in [-0.2, -0.15) is 5.09 Å². The Bertz CT molecular complexity index is 1230. The highest BCUT2D eigenvalue weighted by molar-refractivity contribution is 7.52. The molecule has 1 N–H and O–H groups in total. The molecule has 1 aliphatic rings. The first kappa shape index (κ1) is 19.6. The third-order valence-electron chi connectivity index (χ3n) is 5.30. The summed E-state index contributed by atoms with van der Waals surface area (Å²) in [5.74, 6) is 1.12. The summed E-state index contributed by atoms with van der Waals surface area (Å²) in [6.07, 6.45) is 0.676. The molecule has 0 bridgehead atoms. The lowest BCUT2D eigenvalue weighted by molar-refractivity contribution is 0.349. The van der Waals surface area contributed by atoms with Gasteiger partial charge in [0.1, 0.15) is 11.5 Å². The number of benzene rings is 4. The second-order valence-electron chi connectivity index (χ2n) is 7.46. The summed E-state index contributed by atoms with van der Waals surface area (Å²) >= 11 is 0. The maximum atomic E-state index is 13.8. The highest BCUT2D eigenvalue weighted by Gasteiger charge is 2.39. The molecule has 0 amide bonds. The summed E-state index contributed by atoms with van der Waals surface area (Å²) in [6.45, 7) is 0. The highest BCUT2D eigenvalue weighted by atomic mass is 31.2. The maximum Gasteiger partial charge on any atom is 0.513 e. The lowest BCUT2D eigenvalue weighted by Gasteiger charge is -2.32. The van der Waals surface area contributed by atoms with Crippen LogP contribution in [0.15, 0.2) is 109 Å². The zero-order valence-corrected chi connectivity index (χ0v) is 17.7. The van der Waals surface area contributed by atoms with Crippen LogP contribution in [-0.2, 0) is 11.0 Å². The van der Waals surface area contributed by atoms with Crippen molar-refractivity contribution in [3.05, 3.63) is 131 Å². The van der Waals surface area contributed by atoms with Crippen LogP contribution in [0.3, 0.4) is 0 Å². The summed E-state index contributed by atoms with van der Waals surface area (Å²) < 4.78 is 25.8. The van der Waals surface area contributed by atoms with Gasteiger partial charge in [-0.3, -0.25) is 0 Å². The van der Waals surface area contributed by atoms with E-state index in [1.54, 1.807) is 0 Å². The Morgan fingerprint density at radius 1 is 0.774 bits per heavy atom. The number of hydrogen-bond donors (Lipinski definition) is 1. The second kappa shape index (κ2) is 8.43. The molecule has 0 radical (unpaired) electrons.